The van der Waals surface area contributed by atoms with Crippen molar-refractivity contribution in [1.82, 2.24) is 19.7 Å². The molecular weight excluding hydrogens is 364 g/mol. The smallest absolute Gasteiger partial charge is 0.220 e. The van der Waals surface area contributed by atoms with Crippen LogP contribution in [0.15, 0.2) is 28.8 Å². The molecule has 0 aliphatic carbocycles. The van der Waals surface area contributed by atoms with Crippen LogP contribution in [-0.4, -0.2) is 68.1 Å². The third kappa shape index (κ3) is 3.83. The van der Waals surface area contributed by atoms with Gasteiger partial charge in [0.1, 0.15) is 11.4 Å². The zero-order chi connectivity index (χ0) is 16.6. The largest absolute Gasteiger partial charge is 0.356 e. The van der Waals surface area contributed by atoms with E-state index in [4.69, 9.17) is 4.52 Å². The molecule has 2 fully saturated rings. The lowest BCUT2D eigenvalue weighted by atomic mass is 10.2. The third-order valence-electron chi connectivity index (χ3n) is 4.96. The summed E-state index contributed by atoms with van der Waals surface area (Å²) in [5, 5.41) is 8.07. The molecule has 1 aromatic heterocycles. The Morgan fingerprint density at radius 3 is 2.76 bits per heavy atom. The first-order valence-electron chi connectivity index (χ1n) is 8.39. The Morgan fingerprint density at radius 2 is 1.96 bits per heavy atom. The Labute approximate surface area is 153 Å². The van der Waals surface area contributed by atoms with Crippen molar-refractivity contribution in [3.63, 3.8) is 0 Å². The molecule has 0 saturated carbocycles. The lowest BCUT2D eigenvalue weighted by molar-refractivity contribution is 0.179. The molecular formula is C16H23ClN4O3S. The molecule has 138 valence electrons. The van der Waals surface area contributed by atoms with Crippen LogP contribution in [0.1, 0.15) is 12.1 Å². The molecule has 9 heteroatoms. The van der Waals surface area contributed by atoms with E-state index in [0.717, 1.165) is 38.0 Å². The van der Waals surface area contributed by atoms with Gasteiger partial charge in [0.15, 0.2) is 5.58 Å². The van der Waals surface area contributed by atoms with Gasteiger partial charge in [-0.15, -0.1) is 12.4 Å². The van der Waals surface area contributed by atoms with Crippen LogP contribution >= 0.6 is 12.4 Å². The highest BCUT2D eigenvalue weighted by molar-refractivity contribution is 7.88. The molecule has 1 unspecified atom stereocenters. The van der Waals surface area contributed by atoms with E-state index in [-0.39, 0.29) is 18.2 Å². The van der Waals surface area contributed by atoms with Crippen molar-refractivity contribution < 1.29 is 12.9 Å². The maximum atomic E-state index is 12.8. The monoisotopic (exact) mass is 386 g/mol. The minimum atomic E-state index is -3.38. The Kier molecular flexibility index (Phi) is 5.65. The average molecular weight is 387 g/mol. The number of benzene rings is 1. The van der Waals surface area contributed by atoms with E-state index in [1.54, 1.807) is 10.4 Å². The quantitative estimate of drug-likeness (QED) is 0.846. The molecule has 0 spiro atoms. The van der Waals surface area contributed by atoms with Gasteiger partial charge in [0.05, 0.1) is 0 Å². The van der Waals surface area contributed by atoms with E-state index >= 15 is 0 Å². The van der Waals surface area contributed by atoms with Crippen LogP contribution in [0.2, 0.25) is 0 Å². The van der Waals surface area contributed by atoms with Gasteiger partial charge in [0.2, 0.25) is 10.0 Å². The standard InChI is InChI=1S/C16H22N4O3S.ClH/c21-24(22,12-15-14-3-1-2-4-16(14)23-18-15)20-8-5-13(11-20)19-9-6-17-7-10-19;/h1-4,13,17H,5-12H2;1H. The van der Waals surface area contributed by atoms with E-state index in [0.29, 0.717) is 30.4 Å². The Hall–Kier alpha value is -1.19. The number of para-hydroxylation sites is 1. The molecule has 2 aromatic rings. The second-order valence-corrected chi connectivity index (χ2v) is 8.44. The van der Waals surface area contributed by atoms with E-state index < -0.39 is 10.0 Å². The summed E-state index contributed by atoms with van der Waals surface area (Å²) >= 11 is 0. The Morgan fingerprint density at radius 1 is 1.20 bits per heavy atom. The number of hydrogen-bond donors (Lipinski definition) is 1. The Bertz CT molecular complexity index is 820. The van der Waals surface area contributed by atoms with E-state index in [1.807, 2.05) is 18.2 Å². The van der Waals surface area contributed by atoms with Crippen molar-refractivity contribution >= 4 is 33.4 Å². The van der Waals surface area contributed by atoms with Crippen LogP contribution in [0.3, 0.4) is 0 Å². The minimum Gasteiger partial charge on any atom is -0.356 e. The van der Waals surface area contributed by atoms with Crippen molar-refractivity contribution in [2.45, 2.75) is 18.2 Å². The van der Waals surface area contributed by atoms with Gasteiger partial charge in [-0.2, -0.15) is 4.31 Å². The summed E-state index contributed by atoms with van der Waals surface area (Å²) in [4.78, 5) is 2.40. The molecule has 1 N–H and O–H groups in total. The topological polar surface area (TPSA) is 78.7 Å². The molecule has 0 amide bonds. The second kappa shape index (κ2) is 7.59. The van der Waals surface area contributed by atoms with E-state index in [9.17, 15) is 8.42 Å². The lowest BCUT2D eigenvalue weighted by Gasteiger charge is -2.32. The van der Waals surface area contributed by atoms with Gasteiger partial charge in [-0.25, -0.2) is 8.42 Å². The first kappa shape index (κ1) is 18.6. The summed E-state index contributed by atoms with van der Waals surface area (Å²) < 4.78 is 32.4. The molecule has 2 aliphatic heterocycles. The van der Waals surface area contributed by atoms with Crippen LogP contribution in [0.25, 0.3) is 11.0 Å². The minimum absolute atomic E-state index is 0. The fraction of sp³-hybridized carbons (Fsp3) is 0.562. The van der Waals surface area contributed by atoms with Gasteiger partial charge in [0, 0.05) is 50.7 Å². The number of nitrogens with one attached hydrogen (secondary N) is 1. The fourth-order valence-electron chi connectivity index (χ4n) is 3.61. The summed E-state index contributed by atoms with van der Waals surface area (Å²) in [6.07, 6.45) is 0.902. The summed E-state index contributed by atoms with van der Waals surface area (Å²) in [7, 11) is -3.38. The van der Waals surface area contributed by atoms with Crippen LogP contribution in [0, 0.1) is 0 Å². The molecule has 1 aromatic carbocycles. The summed E-state index contributed by atoms with van der Waals surface area (Å²) in [5.74, 6) is -0.0989. The van der Waals surface area contributed by atoms with Crippen LogP contribution in [0.4, 0.5) is 0 Å². The summed E-state index contributed by atoms with van der Waals surface area (Å²) in [5.41, 5.74) is 1.12. The van der Waals surface area contributed by atoms with Gasteiger partial charge in [-0.3, -0.25) is 4.90 Å². The maximum Gasteiger partial charge on any atom is 0.220 e. The van der Waals surface area contributed by atoms with Crippen LogP contribution in [-0.2, 0) is 15.8 Å². The zero-order valence-corrected chi connectivity index (χ0v) is 15.6. The van der Waals surface area contributed by atoms with Gasteiger partial charge in [-0.05, 0) is 18.6 Å². The molecule has 0 radical (unpaired) electrons. The van der Waals surface area contributed by atoms with Crippen molar-refractivity contribution in [3.8, 4) is 0 Å². The zero-order valence-electron chi connectivity index (χ0n) is 13.9. The maximum absolute atomic E-state index is 12.8. The van der Waals surface area contributed by atoms with Crippen LogP contribution in [0.5, 0.6) is 0 Å². The van der Waals surface area contributed by atoms with E-state index in [2.05, 4.69) is 15.4 Å². The fourth-order valence-corrected chi connectivity index (χ4v) is 5.13. The third-order valence-corrected chi connectivity index (χ3v) is 6.72. The number of piperazine rings is 1. The predicted molar refractivity (Wildman–Crippen MR) is 98.3 cm³/mol. The molecule has 25 heavy (non-hydrogen) atoms. The molecule has 1 atom stereocenters. The molecule has 7 nitrogen and oxygen atoms in total. The Balaban J connectivity index is 0.00000182. The molecule has 2 aliphatic rings. The number of halogens is 1. The normalized spacial score (nSPS) is 23.0. The second-order valence-electron chi connectivity index (χ2n) is 6.47. The van der Waals surface area contributed by atoms with E-state index in [1.165, 1.54) is 0 Å². The van der Waals surface area contributed by atoms with Crippen molar-refractivity contribution in [3.05, 3.63) is 30.0 Å². The highest BCUT2D eigenvalue weighted by atomic mass is 35.5. The number of nitrogens with zero attached hydrogens (tertiary/aromatic N) is 3. The number of fused-ring (bicyclic) bond motifs is 1. The van der Waals surface area contributed by atoms with Gasteiger partial charge in [0.25, 0.3) is 0 Å². The van der Waals surface area contributed by atoms with Gasteiger partial charge < -0.3 is 9.84 Å². The number of aromatic nitrogens is 1. The van der Waals surface area contributed by atoms with Crippen LogP contribution < -0.4 is 5.32 Å². The predicted octanol–water partition coefficient (Wildman–Crippen LogP) is 1.06. The first-order chi connectivity index (χ1) is 11.6. The average Bonchev–Trinajstić information content (AvgIpc) is 3.24. The molecule has 0 bridgehead atoms. The number of sulfonamides is 1. The highest BCUT2D eigenvalue weighted by Crippen LogP contribution is 2.24. The van der Waals surface area contributed by atoms with Crippen molar-refractivity contribution in [2.24, 2.45) is 0 Å². The lowest BCUT2D eigenvalue weighted by Crippen LogP contribution is -2.49. The molecule has 3 heterocycles. The SMILES string of the molecule is Cl.O=S(=O)(Cc1noc2ccccc12)N1CCC(N2CCNCC2)C1. The molecule has 4 rings (SSSR count). The van der Waals surface area contributed by atoms with Crippen molar-refractivity contribution in [2.75, 3.05) is 39.3 Å². The first-order valence-corrected chi connectivity index (χ1v) is 10.0. The highest BCUT2D eigenvalue weighted by Gasteiger charge is 2.35. The summed E-state index contributed by atoms with van der Waals surface area (Å²) in [6.45, 7) is 5.12. The van der Waals surface area contributed by atoms with Gasteiger partial charge >= 0.3 is 0 Å². The number of hydrogen-bond acceptors (Lipinski definition) is 6. The summed E-state index contributed by atoms with van der Waals surface area (Å²) in [6, 6.07) is 7.70. The van der Waals surface area contributed by atoms with Crippen molar-refractivity contribution in [1.29, 1.82) is 0 Å². The van der Waals surface area contributed by atoms with Gasteiger partial charge in [-0.1, -0.05) is 17.3 Å². The number of rotatable bonds is 4. The molecule has 2 saturated heterocycles.